The van der Waals surface area contributed by atoms with Crippen molar-refractivity contribution >= 4 is 11.9 Å². The van der Waals surface area contributed by atoms with E-state index >= 15 is 0 Å². The van der Waals surface area contributed by atoms with Crippen LogP contribution in [0.25, 0.3) is 0 Å². The van der Waals surface area contributed by atoms with Crippen molar-refractivity contribution in [3.8, 4) is 0 Å². The Kier molecular flexibility index (Phi) is 31.6. The molecule has 0 radical (unpaired) electrons. The van der Waals surface area contributed by atoms with E-state index in [2.05, 4.69) is 13.8 Å². The van der Waals surface area contributed by atoms with Gasteiger partial charge in [-0.3, -0.25) is 9.59 Å². The molecule has 0 aliphatic heterocycles. The van der Waals surface area contributed by atoms with Gasteiger partial charge in [-0.05, 0) is 38.5 Å². The third kappa shape index (κ3) is 31.5. The fourth-order valence-electron chi connectivity index (χ4n) is 5.66. The summed E-state index contributed by atoms with van der Waals surface area (Å²) in [5.41, 5.74) is 0. The Balaban J connectivity index is 3.94. The summed E-state index contributed by atoms with van der Waals surface area (Å²) in [5.74, 6) is -0.693. The van der Waals surface area contributed by atoms with Crippen LogP contribution in [0.4, 0.5) is 0 Å². The zero-order valence-corrected chi connectivity index (χ0v) is 27.2. The maximum Gasteiger partial charge on any atom is 0.306 e. The van der Waals surface area contributed by atoms with E-state index in [0.717, 1.165) is 64.2 Å². The van der Waals surface area contributed by atoms with Crippen LogP contribution in [0.15, 0.2) is 0 Å². The first-order chi connectivity index (χ1) is 19.6. The van der Waals surface area contributed by atoms with Gasteiger partial charge in [-0.1, -0.05) is 162 Å². The number of carbonyl (C=O) groups excluding carboxylic acids is 1. The van der Waals surface area contributed by atoms with E-state index in [1.54, 1.807) is 0 Å². The Hall–Kier alpha value is -1.06. The Morgan fingerprint density at radius 3 is 1.10 bits per heavy atom. The number of unbranched alkanes of at least 4 members (excludes halogenated alkanes) is 24. The Morgan fingerprint density at radius 1 is 0.450 bits per heavy atom. The van der Waals surface area contributed by atoms with Crippen LogP contribution in [0.3, 0.4) is 0 Å². The van der Waals surface area contributed by atoms with Gasteiger partial charge in [0.1, 0.15) is 6.10 Å². The SMILES string of the molecule is CCCCCCCCCCCCCCCCC(=O)OC(CCCCCCCCCC)CCCCCCCC(=O)O. The maximum absolute atomic E-state index is 12.6. The number of hydrogen-bond donors (Lipinski definition) is 1. The van der Waals surface area contributed by atoms with Gasteiger partial charge in [0.2, 0.25) is 0 Å². The lowest BCUT2D eigenvalue weighted by Crippen LogP contribution is -2.18. The van der Waals surface area contributed by atoms with Gasteiger partial charge in [0, 0.05) is 12.8 Å². The van der Waals surface area contributed by atoms with Crippen molar-refractivity contribution < 1.29 is 19.4 Å². The third-order valence-electron chi connectivity index (χ3n) is 8.33. The number of aliphatic carboxylic acids is 1. The highest BCUT2D eigenvalue weighted by atomic mass is 16.5. The van der Waals surface area contributed by atoms with Crippen molar-refractivity contribution in [2.24, 2.45) is 0 Å². The number of carboxylic acid groups (broad SMARTS) is 1. The van der Waals surface area contributed by atoms with Crippen molar-refractivity contribution in [1.82, 2.24) is 0 Å². The van der Waals surface area contributed by atoms with Gasteiger partial charge in [0.05, 0.1) is 0 Å². The van der Waals surface area contributed by atoms with Gasteiger partial charge >= 0.3 is 11.9 Å². The number of ether oxygens (including phenoxy) is 1. The van der Waals surface area contributed by atoms with Crippen LogP contribution >= 0.6 is 0 Å². The lowest BCUT2D eigenvalue weighted by atomic mass is 10.0. The van der Waals surface area contributed by atoms with E-state index < -0.39 is 5.97 Å². The highest BCUT2D eigenvalue weighted by Crippen LogP contribution is 2.19. The highest BCUT2D eigenvalue weighted by molar-refractivity contribution is 5.69. The van der Waals surface area contributed by atoms with E-state index in [0.29, 0.717) is 6.42 Å². The zero-order valence-electron chi connectivity index (χ0n) is 27.2. The molecule has 0 amide bonds. The van der Waals surface area contributed by atoms with Crippen molar-refractivity contribution in [2.45, 2.75) is 219 Å². The average Bonchev–Trinajstić information content (AvgIpc) is 2.93. The van der Waals surface area contributed by atoms with Crippen molar-refractivity contribution in [3.05, 3.63) is 0 Å². The normalized spacial score (nSPS) is 12.1. The van der Waals surface area contributed by atoms with E-state index in [4.69, 9.17) is 9.84 Å². The van der Waals surface area contributed by atoms with Gasteiger partial charge in [-0.25, -0.2) is 0 Å². The first-order valence-corrected chi connectivity index (χ1v) is 18.0. The van der Waals surface area contributed by atoms with Crippen molar-refractivity contribution in [2.75, 3.05) is 0 Å². The first kappa shape index (κ1) is 38.9. The molecule has 0 aromatic carbocycles. The number of carbonyl (C=O) groups is 2. The summed E-state index contributed by atoms with van der Waals surface area (Å²) in [6.07, 6.45) is 36.8. The van der Waals surface area contributed by atoms with Crippen molar-refractivity contribution in [3.63, 3.8) is 0 Å². The van der Waals surface area contributed by atoms with Crippen LogP contribution in [0, 0.1) is 0 Å². The second-order valence-electron chi connectivity index (χ2n) is 12.4. The molecule has 40 heavy (non-hydrogen) atoms. The molecule has 1 N–H and O–H groups in total. The minimum atomic E-state index is -0.698. The minimum Gasteiger partial charge on any atom is -0.481 e. The summed E-state index contributed by atoms with van der Waals surface area (Å²) < 4.78 is 5.97. The second-order valence-corrected chi connectivity index (χ2v) is 12.4. The molecule has 0 saturated heterocycles. The molecule has 0 rings (SSSR count). The maximum atomic E-state index is 12.6. The van der Waals surface area contributed by atoms with Crippen LogP contribution in [-0.4, -0.2) is 23.1 Å². The fourth-order valence-corrected chi connectivity index (χ4v) is 5.66. The number of hydrogen-bond acceptors (Lipinski definition) is 3. The van der Waals surface area contributed by atoms with E-state index in [9.17, 15) is 9.59 Å². The summed E-state index contributed by atoms with van der Waals surface area (Å²) in [6.45, 7) is 4.54. The predicted octanol–water partition coefficient (Wildman–Crippen LogP) is 12.1. The number of rotatable bonds is 33. The molecule has 1 unspecified atom stereocenters. The molecular weight excluding hydrogens is 496 g/mol. The predicted molar refractivity (Wildman–Crippen MR) is 172 cm³/mol. The molecule has 0 aliphatic carbocycles. The molecule has 0 aromatic heterocycles. The van der Waals surface area contributed by atoms with Crippen molar-refractivity contribution in [1.29, 1.82) is 0 Å². The zero-order chi connectivity index (χ0) is 29.4. The van der Waals surface area contributed by atoms with Crippen LogP contribution in [-0.2, 0) is 14.3 Å². The van der Waals surface area contributed by atoms with Gasteiger partial charge < -0.3 is 9.84 Å². The topological polar surface area (TPSA) is 63.6 Å². The lowest BCUT2D eigenvalue weighted by molar-refractivity contribution is -0.150. The van der Waals surface area contributed by atoms with Gasteiger partial charge in [0.25, 0.3) is 0 Å². The summed E-state index contributed by atoms with van der Waals surface area (Å²) in [4.78, 5) is 23.2. The summed E-state index contributed by atoms with van der Waals surface area (Å²) in [5, 5.41) is 8.78. The summed E-state index contributed by atoms with van der Waals surface area (Å²) >= 11 is 0. The summed E-state index contributed by atoms with van der Waals surface area (Å²) in [6, 6.07) is 0. The smallest absolute Gasteiger partial charge is 0.306 e. The van der Waals surface area contributed by atoms with Gasteiger partial charge in [-0.15, -0.1) is 0 Å². The standard InChI is InChI=1S/C36H70O4/c1-3-5-7-9-11-13-14-15-16-17-18-20-25-29-33-36(39)40-34(30-26-22-19-12-10-8-6-4-2)31-27-23-21-24-28-32-35(37)38/h34H,3-33H2,1-2H3,(H,37,38). The largest absolute Gasteiger partial charge is 0.481 e. The molecule has 0 bridgehead atoms. The van der Waals surface area contributed by atoms with E-state index in [-0.39, 0.29) is 18.5 Å². The molecule has 0 aromatic rings. The Bertz CT molecular complexity index is 533. The molecule has 0 spiro atoms. The van der Waals surface area contributed by atoms with Crippen LogP contribution < -0.4 is 0 Å². The van der Waals surface area contributed by atoms with Crippen LogP contribution in [0.1, 0.15) is 213 Å². The molecule has 0 heterocycles. The fraction of sp³-hybridized carbons (Fsp3) is 0.944. The van der Waals surface area contributed by atoms with Crippen LogP contribution in [0.5, 0.6) is 0 Å². The lowest BCUT2D eigenvalue weighted by Gasteiger charge is -2.18. The molecule has 0 aliphatic rings. The molecule has 0 fully saturated rings. The van der Waals surface area contributed by atoms with E-state index in [1.165, 1.54) is 122 Å². The molecule has 4 heteroatoms. The van der Waals surface area contributed by atoms with Crippen LogP contribution in [0.2, 0.25) is 0 Å². The van der Waals surface area contributed by atoms with E-state index in [1.807, 2.05) is 0 Å². The highest BCUT2D eigenvalue weighted by Gasteiger charge is 2.14. The monoisotopic (exact) mass is 567 g/mol. The second kappa shape index (κ2) is 32.5. The third-order valence-corrected chi connectivity index (χ3v) is 8.33. The molecular formula is C36H70O4. The quantitative estimate of drug-likeness (QED) is 0.0633. The first-order valence-electron chi connectivity index (χ1n) is 18.0. The van der Waals surface area contributed by atoms with Gasteiger partial charge in [0.15, 0.2) is 0 Å². The Morgan fingerprint density at radius 2 is 0.750 bits per heavy atom. The molecule has 0 saturated carbocycles. The molecule has 238 valence electrons. The number of esters is 1. The Labute approximate surface area is 250 Å². The number of carboxylic acids is 1. The molecule has 4 nitrogen and oxygen atoms in total. The van der Waals surface area contributed by atoms with Gasteiger partial charge in [-0.2, -0.15) is 0 Å². The summed E-state index contributed by atoms with van der Waals surface area (Å²) in [7, 11) is 0. The molecule has 1 atom stereocenters. The minimum absolute atomic E-state index is 0.00459. The average molecular weight is 567 g/mol.